The number of aromatic nitrogens is 2. The lowest BCUT2D eigenvalue weighted by molar-refractivity contribution is -0.144. The fraction of sp³-hybridized carbons (Fsp3) is 0.506. The minimum absolute atomic E-state index is 0.0317. The molecule has 0 aliphatic carbocycles. The van der Waals surface area contributed by atoms with Crippen LogP contribution in [-0.4, -0.2) is 127 Å². The van der Waals surface area contributed by atoms with Gasteiger partial charge in [-0.05, 0) is 202 Å². The molecule has 2 fully saturated rings. The summed E-state index contributed by atoms with van der Waals surface area (Å²) < 4.78 is 93.9. The SMILES string of the molecule is CCOC(=O)C[C@H](CC(=O)C(CC(C)C)n1cc(CCN2CC(OC)C2)c(C)cc1=O)c1cc(-c2c(C)cccc2C)cc(C)c1F.CCOC(=O)C[C@H](N)c1cc(-c2c(C)cccc2C)cc(C)c1F.COC1CN(CCc2cn(C(CC(C)C)C(=O)O)c(=O)cc2C(F)(F)F)C1. The highest BCUT2D eigenvalue weighted by Gasteiger charge is 2.37. The average molecular weight is 1370 g/mol. The van der Waals surface area contributed by atoms with Crippen molar-refractivity contribution in [1.82, 2.24) is 18.9 Å². The minimum atomic E-state index is -4.67. The standard InChI is InChI=1S/C39H51FN2O5.C20H24FNO2.C18H25F3N2O4/c1-9-47-37(45)20-30(33-18-31(16-28(7)39(33)40)38-25(4)11-10-12-26(38)5)19-35(43)34(15-24(2)3)42-21-29(27(6)17-36(42)44)13-14-41-22-32(23-41)46-8;1-5-24-18(23)11-17(22)16-10-15(9-14(4)20(16)21)19-12(2)7-6-8-13(19)3;1-11(2)6-15(17(25)26)23-8-12(4-5-22-9-13(10-22)27-3)14(7-16(23)24)18(19,20)21/h10-12,16-18,21,24,30,32,34H,9,13-15,19-20,22-23H2,1-8H3;6-10,17H,5,11,22H2,1-4H3;7-8,11,13,15H,4-6,9-10H2,1-3H3,(H,25,26)/t30-,34?;17-;/m00./s1. The number of pyridine rings is 2. The van der Waals surface area contributed by atoms with Crippen molar-refractivity contribution < 1.29 is 65.2 Å². The molecule has 21 heteroatoms. The fourth-order valence-corrected chi connectivity index (χ4v) is 13.0. The maximum absolute atomic E-state index is 16.0. The van der Waals surface area contributed by atoms with Crippen molar-refractivity contribution in [3.8, 4) is 22.3 Å². The van der Waals surface area contributed by atoms with Gasteiger partial charge in [0.15, 0.2) is 5.78 Å². The number of nitrogens with zero attached hydrogens (tertiary/aromatic N) is 4. The molecule has 16 nitrogen and oxygen atoms in total. The minimum Gasteiger partial charge on any atom is -0.480 e. The molecule has 0 bridgehead atoms. The van der Waals surface area contributed by atoms with Crippen LogP contribution in [0.1, 0.15) is 164 Å². The summed E-state index contributed by atoms with van der Waals surface area (Å²) in [7, 11) is 3.31. The van der Waals surface area contributed by atoms with E-state index in [1.165, 1.54) is 0 Å². The molecule has 534 valence electrons. The van der Waals surface area contributed by atoms with Crippen molar-refractivity contribution in [1.29, 1.82) is 0 Å². The van der Waals surface area contributed by atoms with Crippen LogP contribution >= 0.6 is 0 Å². The third-order valence-electron chi connectivity index (χ3n) is 18.3. The van der Waals surface area contributed by atoms with Gasteiger partial charge in [0.25, 0.3) is 11.1 Å². The number of aryl methyl sites for hydroxylation is 7. The summed E-state index contributed by atoms with van der Waals surface area (Å²) in [6.45, 7) is 29.3. The van der Waals surface area contributed by atoms with E-state index < -0.39 is 65.1 Å². The summed E-state index contributed by atoms with van der Waals surface area (Å²) in [6.07, 6.45) is -0.305. The molecule has 4 atom stereocenters. The van der Waals surface area contributed by atoms with Gasteiger partial charge in [0.05, 0.1) is 49.9 Å². The van der Waals surface area contributed by atoms with Gasteiger partial charge in [0.2, 0.25) is 0 Å². The van der Waals surface area contributed by atoms with E-state index in [0.717, 1.165) is 92.5 Å². The van der Waals surface area contributed by atoms with E-state index >= 15 is 4.39 Å². The van der Waals surface area contributed by atoms with Crippen LogP contribution in [0.3, 0.4) is 0 Å². The predicted octanol–water partition coefficient (Wildman–Crippen LogP) is 13.8. The number of nitrogens with two attached hydrogens (primary N) is 1. The van der Waals surface area contributed by atoms with Crippen LogP contribution in [0.5, 0.6) is 0 Å². The van der Waals surface area contributed by atoms with Crippen molar-refractivity contribution in [2.45, 2.75) is 177 Å². The number of Topliss-reactive ketones (excluding diaryl/α,β-unsaturated/α-hetero) is 1. The second-order valence-electron chi connectivity index (χ2n) is 27.0. The lowest BCUT2D eigenvalue weighted by Crippen LogP contribution is -2.52. The molecule has 3 N–H and O–H groups in total. The number of rotatable bonds is 28. The van der Waals surface area contributed by atoms with Crippen molar-refractivity contribution in [3.05, 3.63) is 184 Å². The molecule has 0 spiro atoms. The quantitative estimate of drug-likeness (QED) is 0.0347. The van der Waals surface area contributed by atoms with Gasteiger partial charge in [-0.25, -0.2) is 13.6 Å². The number of carboxylic acid groups (broad SMARTS) is 1. The fourth-order valence-electron chi connectivity index (χ4n) is 13.0. The molecule has 4 heterocycles. The van der Waals surface area contributed by atoms with Gasteiger partial charge in [-0.15, -0.1) is 0 Å². The second-order valence-corrected chi connectivity index (χ2v) is 27.0. The highest BCUT2D eigenvalue weighted by molar-refractivity contribution is 5.85. The van der Waals surface area contributed by atoms with E-state index in [0.29, 0.717) is 54.4 Å². The van der Waals surface area contributed by atoms with Gasteiger partial charge in [-0.2, -0.15) is 13.2 Å². The maximum atomic E-state index is 16.0. The highest BCUT2D eigenvalue weighted by atomic mass is 19.4. The molecule has 0 saturated carbocycles. The number of esters is 2. The number of hydrogen-bond donors (Lipinski definition) is 2. The molecule has 2 saturated heterocycles. The zero-order valence-electron chi connectivity index (χ0n) is 59.6. The van der Waals surface area contributed by atoms with Crippen LogP contribution in [0.25, 0.3) is 22.3 Å². The number of carbonyl (C=O) groups excluding carboxylic acids is 3. The summed E-state index contributed by atoms with van der Waals surface area (Å²) in [5, 5.41) is 9.44. The lowest BCUT2D eigenvalue weighted by atomic mass is 9.84. The number of hydrogen-bond acceptors (Lipinski definition) is 13. The number of halogens is 5. The van der Waals surface area contributed by atoms with E-state index in [9.17, 15) is 51.4 Å². The monoisotopic (exact) mass is 1370 g/mol. The molecule has 8 rings (SSSR count). The summed E-state index contributed by atoms with van der Waals surface area (Å²) in [5.41, 5.74) is 15.5. The number of alkyl halides is 3. The molecule has 0 radical (unpaired) electrons. The number of ketones is 1. The first-order chi connectivity index (χ1) is 46.2. The van der Waals surface area contributed by atoms with Crippen LogP contribution in [0.2, 0.25) is 0 Å². The molecular formula is C77H100F5N5O11. The number of benzene rings is 4. The van der Waals surface area contributed by atoms with Crippen molar-refractivity contribution in [2.75, 3.05) is 66.7 Å². The molecule has 2 unspecified atom stereocenters. The Labute approximate surface area is 573 Å². The third kappa shape index (κ3) is 21.2. The van der Waals surface area contributed by atoms with Gasteiger partial charge in [0, 0.05) is 102 Å². The summed E-state index contributed by atoms with van der Waals surface area (Å²) in [5.74, 6) is -3.82. The first kappa shape index (κ1) is 79.3. The summed E-state index contributed by atoms with van der Waals surface area (Å²) >= 11 is 0. The normalized spacial score (nSPS) is 14.9. The van der Waals surface area contributed by atoms with Crippen molar-refractivity contribution in [3.63, 3.8) is 0 Å². The average Bonchev–Trinajstić information content (AvgIpc) is 0.803. The topological polar surface area (TPSA) is 202 Å². The lowest BCUT2D eigenvalue weighted by Gasteiger charge is -2.38. The Morgan fingerprint density at radius 1 is 0.571 bits per heavy atom. The number of methoxy groups -OCH3 is 2. The van der Waals surface area contributed by atoms with Gasteiger partial charge in [-0.3, -0.25) is 33.8 Å². The number of carbonyl (C=O) groups is 4. The Bertz CT molecular complexity index is 3830. The molecule has 0 amide bonds. The Morgan fingerprint density at radius 3 is 1.44 bits per heavy atom. The van der Waals surface area contributed by atoms with E-state index in [1.54, 1.807) is 78.5 Å². The van der Waals surface area contributed by atoms with Gasteiger partial charge in [0.1, 0.15) is 17.7 Å². The Kier molecular flexibility index (Phi) is 29.0. The molecule has 2 aliphatic heterocycles. The highest BCUT2D eigenvalue weighted by Crippen LogP contribution is 2.38. The van der Waals surface area contributed by atoms with E-state index in [2.05, 4.69) is 4.90 Å². The molecule has 98 heavy (non-hydrogen) atoms. The van der Waals surface area contributed by atoms with Crippen LogP contribution in [-0.2, 0) is 57.1 Å². The summed E-state index contributed by atoms with van der Waals surface area (Å²) in [6, 6.07) is 18.7. The van der Waals surface area contributed by atoms with E-state index in [-0.39, 0.29) is 92.1 Å². The van der Waals surface area contributed by atoms with E-state index in [1.807, 2.05) is 108 Å². The van der Waals surface area contributed by atoms with E-state index in [4.69, 9.17) is 24.7 Å². The molecule has 2 aromatic heterocycles. The first-order valence-electron chi connectivity index (χ1n) is 33.8. The molecule has 2 aliphatic rings. The maximum Gasteiger partial charge on any atom is 0.416 e. The van der Waals surface area contributed by atoms with Crippen LogP contribution < -0.4 is 16.9 Å². The van der Waals surface area contributed by atoms with Gasteiger partial charge >= 0.3 is 24.1 Å². The van der Waals surface area contributed by atoms with Crippen LogP contribution in [0.15, 0.2) is 94.8 Å². The number of aliphatic carboxylic acids is 1. The third-order valence-corrected chi connectivity index (χ3v) is 18.3. The largest absolute Gasteiger partial charge is 0.480 e. The zero-order chi connectivity index (χ0) is 72.6. The molecule has 6 aromatic rings. The van der Waals surface area contributed by atoms with Crippen LogP contribution in [0.4, 0.5) is 22.0 Å². The second kappa shape index (κ2) is 35.9. The number of ether oxygens (including phenoxy) is 4. The first-order valence-corrected chi connectivity index (χ1v) is 33.8. The smallest absolute Gasteiger partial charge is 0.416 e. The molecule has 4 aromatic carbocycles. The predicted molar refractivity (Wildman–Crippen MR) is 372 cm³/mol. The summed E-state index contributed by atoms with van der Waals surface area (Å²) in [4.78, 5) is 80.4. The number of carboxylic acids is 1. The Hall–Kier alpha value is -7.69. The zero-order valence-corrected chi connectivity index (χ0v) is 59.6. The van der Waals surface area contributed by atoms with Gasteiger partial charge < -0.3 is 38.9 Å². The van der Waals surface area contributed by atoms with Gasteiger partial charge in [-0.1, -0.05) is 64.1 Å². The van der Waals surface area contributed by atoms with Crippen LogP contribution in [0, 0.1) is 71.9 Å². The Balaban J connectivity index is 0.000000252. The van der Waals surface area contributed by atoms with Crippen molar-refractivity contribution in [2.24, 2.45) is 17.6 Å². The Morgan fingerprint density at radius 2 is 0.990 bits per heavy atom. The molecular weight excluding hydrogens is 1270 g/mol. The van der Waals surface area contributed by atoms with Crippen molar-refractivity contribution >= 4 is 23.7 Å². The number of likely N-dealkylation sites (tertiary alicyclic amines) is 2.